The summed E-state index contributed by atoms with van der Waals surface area (Å²) in [4.78, 5) is 4.05. The van der Waals surface area contributed by atoms with E-state index < -0.39 is 10.0 Å². The summed E-state index contributed by atoms with van der Waals surface area (Å²) in [5.41, 5.74) is 0.559. The van der Waals surface area contributed by atoms with E-state index in [9.17, 15) is 8.42 Å². The van der Waals surface area contributed by atoms with E-state index in [-0.39, 0.29) is 11.1 Å². The molecule has 0 amide bonds. The third-order valence-corrected chi connectivity index (χ3v) is 5.61. The molecule has 1 saturated carbocycles. The molecule has 118 valence electrons. The van der Waals surface area contributed by atoms with Gasteiger partial charge in [0.15, 0.2) is 5.03 Å². The van der Waals surface area contributed by atoms with Crippen molar-refractivity contribution in [1.29, 1.82) is 0 Å². The van der Waals surface area contributed by atoms with Crippen LogP contribution in [-0.2, 0) is 10.0 Å². The maximum absolute atomic E-state index is 12.6. The zero-order chi connectivity index (χ0) is 15.3. The molecule has 5 nitrogen and oxygen atoms in total. The maximum atomic E-state index is 12.6. The number of sulfonamides is 1. The predicted octanol–water partition coefficient (Wildman–Crippen LogP) is 2.76. The van der Waals surface area contributed by atoms with Crippen LogP contribution in [0.2, 0.25) is 0 Å². The fourth-order valence-electron chi connectivity index (χ4n) is 2.96. The lowest BCUT2D eigenvalue weighted by molar-refractivity contribution is 0.303. The topological polar surface area (TPSA) is 71.1 Å². The van der Waals surface area contributed by atoms with Gasteiger partial charge >= 0.3 is 0 Å². The van der Waals surface area contributed by atoms with Crippen molar-refractivity contribution in [3.63, 3.8) is 0 Å². The van der Waals surface area contributed by atoms with Gasteiger partial charge in [0.05, 0.1) is 5.69 Å². The second kappa shape index (κ2) is 7.22. The van der Waals surface area contributed by atoms with Crippen molar-refractivity contribution in [2.45, 2.75) is 57.0 Å². The van der Waals surface area contributed by atoms with Gasteiger partial charge in [-0.25, -0.2) is 18.1 Å². The summed E-state index contributed by atoms with van der Waals surface area (Å²) in [6.07, 6.45) is 7.38. The quantitative estimate of drug-likeness (QED) is 0.847. The average Bonchev–Trinajstić information content (AvgIpc) is 2.48. The van der Waals surface area contributed by atoms with Gasteiger partial charge in [-0.05, 0) is 44.7 Å². The third kappa shape index (κ3) is 4.17. The molecule has 21 heavy (non-hydrogen) atoms. The summed E-state index contributed by atoms with van der Waals surface area (Å²) in [7, 11) is -3.59. The van der Waals surface area contributed by atoms with Crippen LogP contribution in [0.5, 0.6) is 0 Å². The molecule has 0 bridgehead atoms. The monoisotopic (exact) mass is 311 g/mol. The Morgan fingerprint density at radius 3 is 2.71 bits per heavy atom. The molecule has 1 atom stereocenters. The normalized spacial score (nSPS) is 18.4. The Labute approximate surface area is 127 Å². The number of aromatic nitrogens is 1. The number of hydrogen-bond donors (Lipinski definition) is 2. The van der Waals surface area contributed by atoms with Crippen molar-refractivity contribution in [3.8, 4) is 0 Å². The summed E-state index contributed by atoms with van der Waals surface area (Å²) < 4.78 is 27.9. The summed E-state index contributed by atoms with van der Waals surface area (Å²) >= 11 is 0. The van der Waals surface area contributed by atoms with Gasteiger partial charge in [-0.3, -0.25) is 0 Å². The fraction of sp³-hybridized carbons (Fsp3) is 0.667. The van der Waals surface area contributed by atoms with E-state index >= 15 is 0 Å². The van der Waals surface area contributed by atoms with E-state index in [4.69, 9.17) is 0 Å². The van der Waals surface area contributed by atoms with Crippen LogP contribution in [0.1, 0.15) is 46.0 Å². The molecule has 2 rings (SSSR count). The fourth-order valence-corrected chi connectivity index (χ4v) is 4.38. The SMILES string of the molecule is CCNc1cccnc1S(=O)(=O)NC(C)C1CCCCC1. The van der Waals surface area contributed by atoms with Crippen LogP contribution in [0.3, 0.4) is 0 Å². The second-order valence-electron chi connectivity index (χ2n) is 5.69. The van der Waals surface area contributed by atoms with Gasteiger partial charge in [-0.15, -0.1) is 0 Å². The molecule has 1 aliphatic carbocycles. The molecule has 0 aromatic carbocycles. The lowest BCUT2D eigenvalue weighted by Gasteiger charge is -2.28. The number of nitrogens with one attached hydrogen (secondary N) is 2. The van der Waals surface area contributed by atoms with Crippen molar-refractivity contribution >= 4 is 15.7 Å². The van der Waals surface area contributed by atoms with Crippen LogP contribution in [0.15, 0.2) is 23.4 Å². The zero-order valence-corrected chi connectivity index (χ0v) is 13.6. The van der Waals surface area contributed by atoms with Crippen molar-refractivity contribution in [2.24, 2.45) is 5.92 Å². The van der Waals surface area contributed by atoms with Crippen LogP contribution in [-0.4, -0.2) is 26.0 Å². The Kier molecular flexibility index (Phi) is 5.58. The van der Waals surface area contributed by atoms with Crippen LogP contribution in [0.25, 0.3) is 0 Å². The first kappa shape index (κ1) is 16.2. The number of hydrogen-bond acceptors (Lipinski definition) is 4. The van der Waals surface area contributed by atoms with E-state index in [1.807, 2.05) is 13.8 Å². The van der Waals surface area contributed by atoms with Gasteiger partial charge in [0.2, 0.25) is 0 Å². The van der Waals surface area contributed by atoms with E-state index in [2.05, 4.69) is 15.0 Å². The lowest BCUT2D eigenvalue weighted by Crippen LogP contribution is -2.39. The molecule has 0 saturated heterocycles. The third-order valence-electron chi connectivity index (χ3n) is 4.09. The van der Waals surface area contributed by atoms with Gasteiger partial charge < -0.3 is 5.32 Å². The van der Waals surface area contributed by atoms with Crippen molar-refractivity contribution < 1.29 is 8.42 Å². The smallest absolute Gasteiger partial charge is 0.260 e. The molecule has 1 heterocycles. The minimum Gasteiger partial charge on any atom is -0.383 e. The molecule has 1 aromatic rings. The Hall–Kier alpha value is -1.14. The van der Waals surface area contributed by atoms with E-state index in [0.29, 0.717) is 18.2 Å². The minimum absolute atomic E-state index is 0.0493. The first-order valence-corrected chi connectivity index (χ1v) is 9.24. The Bertz CT molecular complexity index is 554. The van der Waals surface area contributed by atoms with E-state index in [1.165, 1.54) is 25.5 Å². The standard InChI is InChI=1S/C15H25N3O2S/c1-3-16-14-10-7-11-17-15(14)21(19,20)18-12(2)13-8-5-4-6-9-13/h7,10-13,16,18H,3-6,8-9H2,1-2H3. The lowest BCUT2D eigenvalue weighted by atomic mass is 9.85. The molecule has 1 aliphatic rings. The van der Waals surface area contributed by atoms with Crippen molar-refractivity contribution in [1.82, 2.24) is 9.71 Å². The maximum Gasteiger partial charge on any atom is 0.260 e. The van der Waals surface area contributed by atoms with Gasteiger partial charge in [0.1, 0.15) is 0 Å². The summed E-state index contributed by atoms with van der Waals surface area (Å²) in [6.45, 7) is 4.55. The number of nitrogens with zero attached hydrogens (tertiary/aromatic N) is 1. The van der Waals surface area contributed by atoms with Crippen molar-refractivity contribution in [2.75, 3.05) is 11.9 Å². The summed E-state index contributed by atoms with van der Waals surface area (Å²) in [5.74, 6) is 0.430. The first-order chi connectivity index (χ1) is 10.0. The first-order valence-electron chi connectivity index (χ1n) is 7.76. The highest BCUT2D eigenvalue weighted by Gasteiger charge is 2.27. The largest absolute Gasteiger partial charge is 0.383 e. The average molecular weight is 311 g/mol. The summed E-state index contributed by atoms with van der Waals surface area (Å²) in [5, 5.41) is 3.15. The molecule has 2 N–H and O–H groups in total. The highest BCUT2D eigenvalue weighted by Crippen LogP contribution is 2.27. The highest BCUT2D eigenvalue weighted by atomic mass is 32.2. The van der Waals surface area contributed by atoms with Crippen LogP contribution >= 0.6 is 0 Å². The van der Waals surface area contributed by atoms with Crippen molar-refractivity contribution in [3.05, 3.63) is 18.3 Å². The molecular formula is C15H25N3O2S. The predicted molar refractivity (Wildman–Crippen MR) is 84.8 cm³/mol. The van der Waals surface area contributed by atoms with Crippen LogP contribution in [0.4, 0.5) is 5.69 Å². The Morgan fingerprint density at radius 2 is 2.05 bits per heavy atom. The molecule has 1 fully saturated rings. The summed E-state index contributed by atoms with van der Waals surface area (Å²) in [6, 6.07) is 3.43. The van der Waals surface area contributed by atoms with Gasteiger partial charge in [0, 0.05) is 18.8 Å². The number of rotatable bonds is 6. The zero-order valence-electron chi connectivity index (χ0n) is 12.8. The van der Waals surface area contributed by atoms with Crippen LogP contribution < -0.4 is 10.0 Å². The van der Waals surface area contributed by atoms with Crippen LogP contribution in [0, 0.1) is 5.92 Å². The minimum atomic E-state index is -3.59. The Morgan fingerprint density at radius 1 is 1.33 bits per heavy atom. The Balaban J connectivity index is 2.14. The molecule has 1 unspecified atom stereocenters. The highest BCUT2D eigenvalue weighted by molar-refractivity contribution is 7.89. The second-order valence-corrected chi connectivity index (χ2v) is 7.32. The van der Waals surface area contributed by atoms with E-state index in [1.54, 1.807) is 12.1 Å². The van der Waals surface area contributed by atoms with Gasteiger partial charge in [-0.1, -0.05) is 19.3 Å². The molecule has 0 spiro atoms. The number of pyridine rings is 1. The molecular weight excluding hydrogens is 286 g/mol. The van der Waals surface area contributed by atoms with E-state index in [0.717, 1.165) is 12.8 Å². The number of anilines is 1. The molecule has 1 aromatic heterocycles. The van der Waals surface area contributed by atoms with Gasteiger partial charge in [-0.2, -0.15) is 0 Å². The molecule has 0 aliphatic heterocycles. The molecule has 6 heteroatoms. The van der Waals surface area contributed by atoms with Gasteiger partial charge in [0.25, 0.3) is 10.0 Å². The molecule has 0 radical (unpaired) electrons.